The van der Waals surface area contributed by atoms with E-state index in [2.05, 4.69) is 34.2 Å². The van der Waals surface area contributed by atoms with Crippen molar-refractivity contribution in [3.8, 4) is 11.4 Å². The van der Waals surface area contributed by atoms with E-state index in [-0.39, 0.29) is 23.0 Å². The summed E-state index contributed by atoms with van der Waals surface area (Å²) in [5.41, 5.74) is 1.97. The summed E-state index contributed by atoms with van der Waals surface area (Å²) in [6.07, 6.45) is 5.80. The third-order valence-electron chi connectivity index (χ3n) is 6.68. The molecule has 4 aromatic rings. The topological polar surface area (TPSA) is 110 Å². The summed E-state index contributed by atoms with van der Waals surface area (Å²) in [4.78, 5) is 35.8. The Labute approximate surface area is 214 Å². The van der Waals surface area contributed by atoms with Crippen molar-refractivity contribution in [1.29, 1.82) is 0 Å². The average molecular weight is 500 g/mol. The molecular weight excluding hydrogens is 470 g/mol. The van der Waals surface area contributed by atoms with Gasteiger partial charge in [-0.05, 0) is 68.3 Å². The first-order valence-corrected chi connectivity index (χ1v) is 12.4. The van der Waals surface area contributed by atoms with Crippen molar-refractivity contribution in [3.05, 3.63) is 82.3 Å². The van der Waals surface area contributed by atoms with E-state index in [1.165, 1.54) is 12.4 Å². The number of likely N-dealkylation sites (tertiary alicyclic amines) is 1. The fraction of sp³-hybridized carbons (Fsp3) is 0.286. The second-order valence-electron chi connectivity index (χ2n) is 9.27. The van der Waals surface area contributed by atoms with E-state index in [9.17, 15) is 14.7 Å². The third kappa shape index (κ3) is 5.31. The Balaban J connectivity index is 1.44. The number of aromatic carboxylic acids is 1. The highest BCUT2D eigenvalue weighted by Crippen LogP contribution is 2.23. The fourth-order valence-corrected chi connectivity index (χ4v) is 4.45. The average Bonchev–Trinajstić information content (AvgIpc) is 2.91. The van der Waals surface area contributed by atoms with Gasteiger partial charge in [-0.25, -0.2) is 9.78 Å². The van der Waals surface area contributed by atoms with Crippen LogP contribution in [0.2, 0.25) is 0 Å². The van der Waals surface area contributed by atoms with E-state index < -0.39 is 11.4 Å². The van der Waals surface area contributed by atoms with Crippen LogP contribution in [0.5, 0.6) is 5.75 Å². The van der Waals surface area contributed by atoms with Crippen LogP contribution in [0, 0.1) is 0 Å². The number of nitrogens with one attached hydrogen (secondary N) is 1. The Morgan fingerprint density at radius 1 is 1.11 bits per heavy atom. The van der Waals surface area contributed by atoms with Gasteiger partial charge in [-0.2, -0.15) is 4.98 Å². The number of ether oxygens (including phenoxy) is 1. The lowest BCUT2D eigenvalue weighted by Crippen LogP contribution is -2.35. The number of carboxylic acids is 1. The molecule has 0 unspecified atom stereocenters. The van der Waals surface area contributed by atoms with Crippen LogP contribution in [0.15, 0.2) is 65.7 Å². The van der Waals surface area contributed by atoms with E-state index in [0.29, 0.717) is 11.3 Å². The van der Waals surface area contributed by atoms with Gasteiger partial charge in [0.1, 0.15) is 17.4 Å². The maximum Gasteiger partial charge on any atom is 0.341 e. The number of carboxylic acid groups (broad SMARTS) is 1. The molecule has 1 aliphatic rings. The van der Waals surface area contributed by atoms with Crippen LogP contribution in [-0.2, 0) is 6.42 Å². The molecule has 0 amide bonds. The van der Waals surface area contributed by atoms with Crippen molar-refractivity contribution in [3.63, 3.8) is 0 Å². The minimum absolute atomic E-state index is 0.131. The van der Waals surface area contributed by atoms with E-state index >= 15 is 0 Å². The molecule has 2 aromatic carbocycles. The van der Waals surface area contributed by atoms with E-state index in [0.717, 1.165) is 49.4 Å². The molecule has 2 N–H and O–H groups in total. The van der Waals surface area contributed by atoms with Crippen LogP contribution >= 0.6 is 0 Å². The minimum atomic E-state index is -1.30. The maximum atomic E-state index is 12.8. The van der Waals surface area contributed by atoms with Crippen LogP contribution < -0.4 is 15.5 Å². The zero-order valence-corrected chi connectivity index (χ0v) is 20.8. The number of hydrogen-bond donors (Lipinski definition) is 2. The summed E-state index contributed by atoms with van der Waals surface area (Å²) in [7, 11) is 2.12. The highest BCUT2D eigenvalue weighted by molar-refractivity contribution is 5.92. The van der Waals surface area contributed by atoms with Gasteiger partial charge in [-0.1, -0.05) is 19.1 Å². The zero-order valence-electron chi connectivity index (χ0n) is 20.8. The van der Waals surface area contributed by atoms with Crippen molar-refractivity contribution in [2.45, 2.75) is 32.3 Å². The quantitative estimate of drug-likeness (QED) is 0.388. The fourth-order valence-electron chi connectivity index (χ4n) is 4.45. The number of nitrogens with zero attached hydrogens (tertiary/aromatic N) is 4. The van der Waals surface area contributed by atoms with E-state index in [1.54, 1.807) is 4.57 Å². The second-order valence-corrected chi connectivity index (χ2v) is 9.27. The van der Waals surface area contributed by atoms with Gasteiger partial charge in [0.15, 0.2) is 5.65 Å². The molecule has 0 aliphatic carbocycles. The van der Waals surface area contributed by atoms with Gasteiger partial charge in [0.25, 0.3) is 0 Å². The molecule has 0 bridgehead atoms. The first-order chi connectivity index (χ1) is 17.9. The van der Waals surface area contributed by atoms with Gasteiger partial charge in [-0.3, -0.25) is 4.79 Å². The zero-order chi connectivity index (χ0) is 25.9. The van der Waals surface area contributed by atoms with Crippen LogP contribution in [0.1, 0.15) is 35.7 Å². The molecule has 37 heavy (non-hydrogen) atoms. The van der Waals surface area contributed by atoms with Crippen molar-refractivity contribution in [2.24, 2.45) is 0 Å². The SMILES string of the molecule is CCc1ccc(-n2cc(C(=O)O)c(=O)c3cnc(Nc4ccc(OC5CCN(C)CC5)cc4)nc32)cc1. The smallest absolute Gasteiger partial charge is 0.341 e. The van der Waals surface area contributed by atoms with E-state index in [4.69, 9.17) is 4.74 Å². The summed E-state index contributed by atoms with van der Waals surface area (Å²) < 4.78 is 7.74. The predicted octanol–water partition coefficient (Wildman–Crippen LogP) is 4.26. The van der Waals surface area contributed by atoms with Gasteiger partial charge in [0.2, 0.25) is 11.4 Å². The first kappa shape index (κ1) is 24.5. The summed E-state index contributed by atoms with van der Waals surface area (Å²) in [6, 6.07) is 15.3. The standard InChI is InChI=1S/C28H29N5O4/c1-3-18-4-8-20(9-5-18)33-17-24(27(35)36)25(34)23-16-29-28(31-26(23)33)30-19-6-10-21(11-7-19)37-22-12-14-32(2)15-13-22/h4-11,16-17,22H,3,12-15H2,1-2H3,(H,35,36)(H,29,30,31). The number of fused-ring (bicyclic) bond motifs is 1. The molecule has 1 saturated heterocycles. The Bertz CT molecular complexity index is 1470. The minimum Gasteiger partial charge on any atom is -0.490 e. The summed E-state index contributed by atoms with van der Waals surface area (Å²) in [5.74, 6) is -0.196. The van der Waals surface area contributed by atoms with Crippen molar-refractivity contribution < 1.29 is 14.6 Å². The lowest BCUT2D eigenvalue weighted by Gasteiger charge is -2.29. The van der Waals surface area contributed by atoms with Crippen LogP contribution in [0.25, 0.3) is 16.7 Å². The predicted molar refractivity (Wildman–Crippen MR) is 142 cm³/mol. The Kier molecular flexibility index (Phi) is 6.87. The van der Waals surface area contributed by atoms with Gasteiger partial charge in [0, 0.05) is 36.9 Å². The second kappa shape index (κ2) is 10.4. The molecule has 3 heterocycles. The van der Waals surface area contributed by atoms with Crippen LogP contribution in [0.4, 0.5) is 11.6 Å². The molecule has 190 valence electrons. The molecule has 0 spiro atoms. The lowest BCUT2D eigenvalue weighted by molar-refractivity contribution is 0.0695. The Hall–Kier alpha value is -4.24. The highest BCUT2D eigenvalue weighted by atomic mass is 16.5. The summed E-state index contributed by atoms with van der Waals surface area (Å²) in [5, 5.41) is 12.9. The number of anilines is 2. The molecule has 2 aromatic heterocycles. The number of pyridine rings is 1. The molecule has 1 fully saturated rings. The summed E-state index contributed by atoms with van der Waals surface area (Å²) in [6.45, 7) is 4.13. The monoisotopic (exact) mass is 499 g/mol. The molecular formula is C28H29N5O4. The number of aromatic nitrogens is 3. The highest BCUT2D eigenvalue weighted by Gasteiger charge is 2.19. The normalized spacial score (nSPS) is 14.5. The van der Waals surface area contributed by atoms with Crippen molar-refractivity contribution >= 4 is 28.6 Å². The van der Waals surface area contributed by atoms with Crippen LogP contribution in [0.3, 0.4) is 0 Å². The van der Waals surface area contributed by atoms with Gasteiger partial charge in [-0.15, -0.1) is 0 Å². The number of rotatable bonds is 7. The van der Waals surface area contributed by atoms with Gasteiger partial charge < -0.3 is 24.6 Å². The number of aryl methyl sites for hydroxylation is 1. The summed E-state index contributed by atoms with van der Waals surface area (Å²) >= 11 is 0. The molecule has 1 aliphatic heterocycles. The number of carbonyl (C=O) groups is 1. The molecule has 0 atom stereocenters. The van der Waals surface area contributed by atoms with Gasteiger partial charge in [0.05, 0.1) is 5.39 Å². The van der Waals surface area contributed by atoms with E-state index in [1.807, 2.05) is 48.5 Å². The molecule has 5 rings (SSSR count). The number of piperidine rings is 1. The Morgan fingerprint density at radius 2 is 1.81 bits per heavy atom. The lowest BCUT2D eigenvalue weighted by atomic mass is 10.1. The molecule has 0 radical (unpaired) electrons. The first-order valence-electron chi connectivity index (χ1n) is 12.4. The molecule has 9 nitrogen and oxygen atoms in total. The largest absolute Gasteiger partial charge is 0.490 e. The maximum absolute atomic E-state index is 12.8. The van der Waals surface area contributed by atoms with Crippen molar-refractivity contribution in [1.82, 2.24) is 19.4 Å². The van der Waals surface area contributed by atoms with Crippen molar-refractivity contribution in [2.75, 3.05) is 25.5 Å². The van der Waals surface area contributed by atoms with Gasteiger partial charge >= 0.3 is 5.97 Å². The van der Waals surface area contributed by atoms with Crippen LogP contribution in [-0.4, -0.2) is 56.8 Å². The Morgan fingerprint density at radius 3 is 2.46 bits per heavy atom. The molecule has 9 heteroatoms. The molecule has 0 saturated carbocycles. The third-order valence-corrected chi connectivity index (χ3v) is 6.68. The number of hydrogen-bond acceptors (Lipinski definition) is 7. The number of benzene rings is 2.